The molecule has 2 aliphatic heterocycles. The van der Waals surface area contributed by atoms with Gasteiger partial charge < -0.3 is 15.4 Å². The maximum Gasteiger partial charge on any atom is 0.236 e. The Balaban J connectivity index is 1.65. The summed E-state index contributed by atoms with van der Waals surface area (Å²) in [4.78, 5) is 13.8. The molecule has 2 bridgehead atoms. The van der Waals surface area contributed by atoms with Crippen LogP contribution in [0.5, 0.6) is 5.75 Å². The Morgan fingerprint density at radius 1 is 1.25 bits per heavy atom. The topological polar surface area (TPSA) is 55.6 Å². The van der Waals surface area contributed by atoms with Gasteiger partial charge in [0.2, 0.25) is 5.91 Å². The maximum absolute atomic E-state index is 12.9. The normalized spacial score (nSPS) is 28.5. The van der Waals surface area contributed by atoms with Crippen molar-refractivity contribution >= 4 is 5.91 Å². The Morgan fingerprint density at radius 2 is 1.85 bits per heavy atom. The van der Waals surface area contributed by atoms with E-state index < -0.39 is 0 Å². The third-order valence-corrected chi connectivity index (χ3v) is 4.27. The molecule has 3 rings (SSSR count). The van der Waals surface area contributed by atoms with Crippen LogP contribution in [0.1, 0.15) is 25.7 Å². The molecule has 108 valence electrons. The second-order valence-corrected chi connectivity index (χ2v) is 5.56. The van der Waals surface area contributed by atoms with E-state index in [1.54, 1.807) is 12.1 Å². The zero-order valence-corrected chi connectivity index (χ0v) is 11.3. The van der Waals surface area contributed by atoms with Crippen molar-refractivity contribution in [2.45, 2.75) is 43.9 Å². The number of hydrogen-bond donors (Lipinski definition) is 1. The lowest BCUT2D eigenvalue weighted by Gasteiger charge is -2.38. The van der Waals surface area contributed by atoms with E-state index in [-0.39, 0.29) is 36.5 Å². The summed E-state index contributed by atoms with van der Waals surface area (Å²) in [5, 5.41) is 0. The molecule has 0 aliphatic carbocycles. The number of carbonyl (C=O) groups is 1. The van der Waals surface area contributed by atoms with Crippen molar-refractivity contribution in [2.75, 3.05) is 6.54 Å². The predicted molar refractivity (Wildman–Crippen MR) is 72.8 cm³/mol. The summed E-state index contributed by atoms with van der Waals surface area (Å²) in [7, 11) is 0. The van der Waals surface area contributed by atoms with Gasteiger partial charge >= 0.3 is 0 Å². The minimum atomic E-state index is -0.263. The lowest BCUT2D eigenvalue weighted by atomic mass is 9.99. The van der Waals surface area contributed by atoms with Crippen LogP contribution in [0.2, 0.25) is 0 Å². The van der Waals surface area contributed by atoms with Crippen molar-refractivity contribution in [1.29, 1.82) is 0 Å². The van der Waals surface area contributed by atoms with Gasteiger partial charge in [-0.05, 0) is 37.1 Å². The Morgan fingerprint density at radius 3 is 2.40 bits per heavy atom. The van der Waals surface area contributed by atoms with Crippen LogP contribution in [0.15, 0.2) is 24.3 Å². The Hall–Kier alpha value is -1.62. The zero-order valence-electron chi connectivity index (χ0n) is 11.3. The molecule has 4 nitrogen and oxygen atoms in total. The smallest absolute Gasteiger partial charge is 0.236 e. The molecule has 0 radical (unpaired) electrons. The zero-order chi connectivity index (χ0) is 14.1. The molecule has 1 aromatic rings. The average Bonchev–Trinajstić information content (AvgIpc) is 2.72. The molecule has 2 unspecified atom stereocenters. The van der Waals surface area contributed by atoms with Crippen LogP contribution < -0.4 is 10.5 Å². The quantitative estimate of drug-likeness (QED) is 0.915. The summed E-state index contributed by atoms with van der Waals surface area (Å²) in [6.07, 6.45) is 3.82. The molecule has 1 amide bonds. The second-order valence-electron chi connectivity index (χ2n) is 5.56. The van der Waals surface area contributed by atoms with Gasteiger partial charge in [-0.1, -0.05) is 0 Å². The minimum absolute atomic E-state index is 0.0396. The second kappa shape index (κ2) is 5.40. The van der Waals surface area contributed by atoms with Crippen LogP contribution in [0, 0.1) is 5.82 Å². The molecule has 3 atom stereocenters. The van der Waals surface area contributed by atoms with E-state index in [4.69, 9.17) is 10.5 Å². The van der Waals surface area contributed by atoms with Crippen LogP contribution in [0.25, 0.3) is 0 Å². The lowest BCUT2D eigenvalue weighted by Crippen LogP contribution is -2.51. The van der Waals surface area contributed by atoms with E-state index in [0.717, 1.165) is 25.7 Å². The Kier molecular flexibility index (Phi) is 3.61. The van der Waals surface area contributed by atoms with Gasteiger partial charge in [-0.2, -0.15) is 0 Å². The fraction of sp³-hybridized carbons (Fsp3) is 0.533. The molecule has 2 fully saturated rings. The van der Waals surface area contributed by atoms with Crippen LogP contribution >= 0.6 is 0 Å². The number of amides is 1. The fourth-order valence-corrected chi connectivity index (χ4v) is 3.44. The number of halogens is 1. The summed E-state index contributed by atoms with van der Waals surface area (Å²) in [5.74, 6) is 0.466. The van der Waals surface area contributed by atoms with Crippen LogP contribution in [0.4, 0.5) is 4.39 Å². The SMILES string of the molecule is NCC(=O)N1C2CC[C@H]1CC(Oc1ccc(F)cc1)C2. The number of rotatable bonds is 3. The molecule has 0 spiro atoms. The van der Waals surface area contributed by atoms with Crippen LogP contribution in [-0.4, -0.2) is 35.5 Å². The van der Waals surface area contributed by atoms with Crippen molar-refractivity contribution in [3.8, 4) is 5.75 Å². The first-order valence-electron chi connectivity index (χ1n) is 7.11. The number of nitrogens with two attached hydrogens (primary N) is 1. The van der Waals surface area contributed by atoms with Gasteiger partial charge in [-0.3, -0.25) is 4.79 Å². The Bertz CT molecular complexity index is 477. The van der Waals surface area contributed by atoms with Crippen LogP contribution in [0.3, 0.4) is 0 Å². The highest BCUT2D eigenvalue weighted by molar-refractivity contribution is 5.79. The molecule has 1 aromatic carbocycles. The van der Waals surface area contributed by atoms with Crippen molar-refractivity contribution in [3.05, 3.63) is 30.1 Å². The standard InChI is InChI=1S/C15H19FN2O2/c16-10-1-5-13(6-2-10)20-14-7-11-3-4-12(8-14)18(11)15(19)9-17/h1-2,5-6,11-12,14H,3-4,7-9,17H2/t11-,12?,14?/m0/s1. The highest BCUT2D eigenvalue weighted by atomic mass is 19.1. The van der Waals surface area contributed by atoms with Gasteiger partial charge in [-0.15, -0.1) is 0 Å². The number of benzene rings is 1. The summed E-state index contributed by atoms with van der Waals surface area (Å²) in [6, 6.07) is 6.59. The molecule has 0 saturated carbocycles. The minimum Gasteiger partial charge on any atom is -0.490 e. The van der Waals surface area contributed by atoms with Crippen molar-refractivity contribution in [3.63, 3.8) is 0 Å². The third-order valence-electron chi connectivity index (χ3n) is 4.27. The first-order chi connectivity index (χ1) is 9.67. The van der Waals surface area contributed by atoms with Gasteiger partial charge in [0.05, 0.1) is 6.54 Å². The number of piperidine rings is 1. The number of hydrogen-bond acceptors (Lipinski definition) is 3. The van der Waals surface area contributed by atoms with Gasteiger partial charge in [0.25, 0.3) is 0 Å². The molecule has 2 saturated heterocycles. The number of carbonyl (C=O) groups excluding carboxylic acids is 1. The van der Waals surface area contributed by atoms with E-state index in [2.05, 4.69) is 0 Å². The summed E-state index contributed by atoms with van der Waals surface area (Å²) >= 11 is 0. The van der Waals surface area contributed by atoms with Gasteiger partial charge in [0.1, 0.15) is 17.7 Å². The molecule has 2 aliphatic rings. The van der Waals surface area contributed by atoms with Crippen molar-refractivity contribution in [1.82, 2.24) is 4.90 Å². The molecule has 2 heterocycles. The molecule has 5 heteroatoms. The first-order valence-corrected chi connectivity index (χ1v) is 7.11. The average molecular weight is 278 g/mol. The van der Waals surface area contributed by atoms with Crippen LogP contribution in [-0.2, 0) is 4.79 Å². The van der Waals surface area contributed by atoms with E-state index in [1.807, 2.05) is 4.90 Å². The molecule has 2 N–H and O–H groups in total. The first kappa shape index (κ1) is 13.4. The molecule has 0 aromatic heterocycles. The number of ether oxygens (including phenoxy) is 1. The molecule has 20 heavy (non-hydrogen) atoms. The highest BCUT2D eigenvalue weighted by Gasteiger charge is 2.43. The maximum atomic E-state index is 12.9. The monoisotopic (exact) mass is 278 g/mol. The predicted octanol–water partition coefficient (Wildman–Crippen LogP) is 1.69. The van der Waals surface area contributed by atoms with E-state index >= 15 is 0 Å². The van der Waals surface area contributed by atoms with Gasteiger partial charge in [-0.25, -0.2) is 4.39 Å². The van der Waals surface area contributed by atoms with Crippen molar-refractivity contribution < 1.29 is 13.9 Å². The third kappa shape index (κ3) is 2.50. The van der Waals surface area contributed by atoms with E-state index in [9.17, 15) is 9.18 Å². The summed E-state index contributed by atoms with van der Waals surface area (Å²) < 4.78 is 18.8. The van der Waals surface area contributed by atoms with Crippen molar-refractivity contribution in [2.24, 2.45) is 5.73 Å². The fourth-order valence-electron chi connectivity index (χ4n) is 3.44. The number of fused-ring (bicyclic) bond motifs is 2. The van der Waals surface area contributed by atoms with E-state index in [0.29, 0.717) is 5.75 Å². The summed E-state index contributed by atoms with van der Waals surface area (Å²) in [6.45, 7) is 0.0798. The Labute approximate surface area is 117 Å². The van der Waals surface area contributed by atoms with Gasteiger partial charge in [0, 0.05) is 24.9 Å². The summed E-state index contributed by atoms with van der Waals surface area (Å²) in [5.41, 5.74) is 5.47. The molecular weight excluding hydrogens is 259 g/mol. The number of nitrogens with zero attached hydrogens (tertiary/aromatic N) is 1. The molecular formula is C15H19FN2O2. The highest BCUT2D eigenvalue weighted by Crippen LogP contribution is 2.37. The lowest BCUT2D eigenvalue weighted by molar-refractivity contribution is -0.135. The van der Waals surface area contributed by atoms with E-state index in [1.165, 1.54) is 12.1 Å². The van der Waals surface area contributed by atoms with Gasteiger partial charge in [0.15, 0.2) is 0 Å². The largest absolute Gasteiger partial charge is 0.490 e.